The van der Waals surface area contributed by atoms with Crippen LogP contribution in [-0.2, 0) is 6.42 Å². The topological polar surface area (TPSA) is 45.8 Å². The number of benzene rings is 1. The molecule has 0 spiro atoms. The lowest BCUT2D eigenvalue weighted by atomic mass is 10.1. The van der Waals surface area contributed by atoms with E-state index in [1.54, 1.807) is 18.2 Å². The highest BCUT2D eigenvalue weighted by Gasteiger charge is 2.08. The summed E-state index contributed by atoms with van der Waals surface area (Å²) in [6.45, 7) is 2.03. The van der Waals surface area contributed by atoms with Gasteiger partial charge in [0.2, 0.25) is 0 Å². The first-order valence-electron chi connectivity index (χ1n) is 5.66. The lowest BCUT2D eigenvalue weighted by Gasteiger charge is -2.06. The molecule has 0 aliphatic heterocycles. The fraction of sp³-hybridized carbons (Fsp3) is 0.231. The monoisotopic (exact) mass is 282 g/mol. The van der Waals surface area contributed by atoms with Gasteiger partial charge in [-0.2, -0.15) is 0 Å². The number of aryl methyl sites for hydroxylation is 1. The Morgan fingerprint density at radius 2 is 2.06 bits per heavy atom. The molecule has 1 aromatic carbocycles. The third kappa shape index (κ3) is 2.92. The smallest absolute Gasteiger partial charge is 0.251 e. The summed E-state index contributed by atoms with van der Waals surface area (Å²) in [5, 5.41) is 1.09. The van der Waals surface area contributed by atoms with Crippen molar-refractivity contribution in [2.24, 2.45) is 0 Å². The molecule has 0 saturated carbocycles. The van der Waals surface area contributed by atoms with E-state index in [4.69, 9.17) is 23.2 Å². The minimum Gasteiger partial charge on any atom is -0.311 e. The van der Waals surface area contributed by atoms with Gasteiger partial charge in [-0.15, -0.1) is 0 Å². The molecule has 0 aliphatic carbocycles. The molecule has 5 heteroatoms. The van der Waals surface area contributed by atoms with E-state index in [1.807, 2.05) is 6.92 Å². The first-order valence-corrected chi connectivity index (χ1v) is 6.41. The van der Waals surface area contributed by atoms with Crippen molar-refractivity contribution in [1.29, 1.82) is 0 Å². The standard InChI is InChI=1S/C13H12Cl2N2O/c1-2-3-12-16-11(7-13(18)17-12)9-6-8(14)4-5-10(9)15/h4-7H,2-3H2,1H3,(H,16,17,18). The third-order valence-electron chi connectivity index (χ3n) is 2.48. The van der Waals surface area contributed by atoms with E-state index in [2.05, 4.69) is 9.97 Å². The van der Waals surface area contributed by atoms with Gasteiger partial charge in [0.1, 0.15) is 5.82 Å². The number of nitrogens with zero attached hydrogens (tertiary/aromatic N) is 1. The Morgan fingerprint density at radius 1 is 1.28 bits per heavy atom. The predicted molar refractivity (Wildman–Crippen MR) is 74.3 cm³/mol. The van der Waals surface area contributed by atoms with E-state index in [0.717, 1.165) is 12.8 Å². The Labute approximate surface area is 115 Å². The number of H-pyrrole nitrogens is 1. The molecule has 0 fully saturated rings. The van der Waals surface area contributed by atoms with Gasteiger partial charge >= 0.3 is 0 Å². The molecule has 94 valence electrons. The minimum atomic E-state index is -0.181. The average molecular weight is 283 g/mol. The number of nitrogens with one attached hydrogen (secondary N) is 1. The maximum atomic E-state index is 11.6. The van der Waals surface area contributed by atoms with Gasteiger partial charge in [0.15, 0.2) is 0 Å². The quantitative estimate of drug-likeness (QED) is 0.933. The normalized spacial score (nSPS) is 10.6. The molecule has 2 rings (SSSR count). The van der Waals surface area contributed by atoms with Crippen LogP contribution >= 0.6 is 23.2 Å². The van der Waals surface area contributed by atoms with Crippen molar-refractivity contribution in [2.75, 3.05) is 0 Å². The van der Waals surface area contributed by atoms with E-state index in [0.29, 0.717) is 27.1 Å². The number of aromatic nitrogens is 2. The second kappa shape index (κ2) is 5.55. The third-order valence-corrected chi connectivity index (χ3v) is 3.05. The number of aromatic amines is 1. The number of hydrogen-bond acceptors (Lipinski definition) is 2. The largest absolute Gasteiger partial charge is 0.311 e. The molecule has 0 radical (unpaired) electrons. The van der Waals surface area contributed by atoms with E-state index >= 15 is 0 Å². The highest BCUT2D eigenvalue weighted by molar-refractivity contribution is 6.35. The molecular weight excluding hydrogens is 271 g/mol. The molecule has 0 bridgehead atoms. The van der Waals surface area contributed by atoms with Gasteiger partial charge in [-0.1, -0.05) is 30.1 Å². The lowest BCUT2D eigenvalue weighted by molar-refractivity contribution is 0.828. The number of halogens is 2. The van der Waals surface area contributed by atoms with E-state index in [9.17, 15) is 4.79 Å². The first-order chi connectivity index (χ1) is 8.60. The molecule has 0 aliphatic rings. The molecular formula is C13H12Cl2N2O. The van der Waals surface area contributed by atoms with Crippen LogP contribution in [0.2, 0.25) is 10.0 Å². The van der Waals surface area contributed by atoms with Crippen LogP contribution in [0.1, 0.15) is 19.2 Å². The summed E-state index contributed by atoms with van der Waals surface area (Å²) in [5.41, 5.74) is 1.04. The van der Waals surface area contributed by atoms with Crippen LogP contribution in [0, 0.1) is 0 Å². The van der Waals surface area contributed by atoms with Crippen molar-refractivity contribution in [1.82, 2.24) is 9.97 Å². The Balaban J connectivity index is 2.56. The zero-order valence-electron chi connectivity index (χ0n) is 9.84. The van der Waals surface area contributed by atoms with Crippen LogP contribution in [0.3, 0.4) is 0 Å². The molecule has 0 unspecified atom stereocenters. The predicted octanol–water partition coefficient (Wildman–Crippen LogP) is 3.70. The summed E-state index contributed by atoms with van der Waals surface area (Å²) in [7, 11) is 0. The maximum absolute atomic E-state index is 11.6. The average Bonchev–Trinajstić information content (AvgIpc) is 2.32. The van der Waals surface area contributed by atoms with E-state index in [1.165, 1.54) is 6.07 Å². The van der Waals surface area contributed by atoms with E-state index in [-0.39, 0.29) is 5.56 Å². The van der Waals surface area contributed by atoms with Crippen molar-refractivity contribution in [3.8, 4) is 11.3 Å². The molecule has 18 heavy (non-hydrogen) atoms. The molecule has 0 amide bonds. The van der Waals surface area contributed by atoms with Crippen molar-refractivity contribution >= 4 is 23.2 Å². The molecule has 1 aromatic heterocycles. The van der Waals surface area contributed by atoms with E-state index < -0.39 is 0 Å². The van der Waals surface area contributed by atoms with Gasteiger partial charge in [0.25, 0.3) is 5.56 Å². The Morgan fingerprint density at radius 3 is 2.78 bits per heavy atom. The maximum Gasteiger partial charge on any atom is 0.251 e. The number of rotatable bonds is 3. The van der Waals surface area contributed by atoms with Crippen LogP contribution in [0.15, 0.2) is 29.1 Å². The zero-order chi connectivity index (χ0) is 13.1. The molecule has 1 heterocycles. The molecule has 1 N–H and O–H groups in total. The molecule has 3 nitrogen and oxygen atoms in total. The Hall–Kier alpha value is -1.32. The number of hydrogen-bond donors (Lipinski definition) is 1. The minimum absolute atomic E-state index is 0.181. The summed E-state index contributed by atoms with van der Waals surface area (Å²) in [5.74, 6) is 0.663. The summed E-state index contributed by atoms with van der Waals surface area (Å²) < 4.78 is 0. The van der Waals surface area contributed by atoms with Crippen molar-refractivity contribution in [3.63, 3.8) is 0 Å². The highest BCUT2D eigenvalue weighted by atomic mass is 35.5. The van der Waals surface area contributed by atoms with Crippen LogP contribution in [0.5, 0.6) is 0 Å². The van der Waals surface area contributed by atoms with Crippen molar-refractivity contribution in [2.45, 2.75) is 19.8 Å². The second-order valence-corrected chi connectivity index (χ2v) is 4.80. The van der Waals surface area contributed by atoms with Gasteiger partial charge in [0.05, 0.1) is 10.7 Å². The second-order valence-electron chi connectivity index (χ2n) is 3.95. The van der Waals surface area contributed by atoms with Crippen LogP contribution in [0.4, 0.5) is 0 Å². The van der Waals surface area contributed by atoms with Gasteiger partial charge < -0.3 is 4.98 Å². The van der Waals surface area contributed by atoms with Gasteiger partial charge in [0, 0.05) is 23.1 Å². The first kappa shape index (κ1) is 13.1. The molecule has 0 atom stereocenters. The fourth-order valence-corrected chi connectivity index (χ4v) is 2.08. The van der Waals surface area contributed by atoms with Gasteiger partial charge in [-0.25, -0.2) is 4.98 Å². The van der Waals surface area contributed by atoms with Gasteiger partial charge in [-0.3, -0.25) is 4.79 Å². The van der Waals surface area contributed by atoms with Crippen LogP contribution in [0.25, 0.3) is 11.3 Å². The van der Waals surface area contributed by atoms with Crippen molar-refractivity contribution < 1.29 is 0 Å². The van der Waals surface area contributed by atoms with Crippen molar-refractivity contribution in [3.05, 3.63) is 50.5 Å². The summed E-state index contributed by atoms with van der Waals surface area (Å²) in [6.07, 6.45) is 1.64. The summed E-state index contributed by atoms with van der Waals surface area (Å²) in [4.78, 5) is 18.7. The summed E-state index contributed by atoms with van der Waals surface area (Å²) >= 11 is 12.0. The van der Waals surface area contributed by atoms with Gasteiger partial charge in [-0.05, 0) is 24.6 Å². The lowest BCUT2D eigenvalue weighted by Crippen LogP contribution is -2.11. The Bertz CT molecular complexity index is 623. The zero-order valence-corrected chi connectivity index (χ0v) is 11.3. The van der Waals surface area contributed by atoms with Crippen LogP contribution in [-0.4, -0.2) is 9.97 Å². The van der Waals surface area contributed by atoms with Crippen LogP contribution < -0.4 is 5.56 Å². The SMILES string of the molecule is CCCc1nc(-c2cc(Cl)ccc2Cl)cc(=O)[nH]1. The molecule has 0 saturated heterocycles. The summed E-state index contributed by atoms with van der Waals surface area (Å²) in [6, 6.07) is 6.53. The fourth-order valence-electron chi connectivity index (χ4n) is 1.70. The highest BCUT2D eigenvalue weighted by Crippen LogP contribution is 2.28. The molecule has 2 aromatic rings. The Kier molecular flexibility index (Phi) is 4.04.